The second kappa shape index (κ2) is 9.76. The molecule has 3 aromatic heterocycles. The summed E-state index contributed by atoms with van der Waals surface area (Å²) in [7, 11) is -2.64. The van der Waals surface area contributed by atoms with Gasteiger partial charge in [-0.05, 0) is 30.3 Å². The molecule has 1 aliphatic heterocycles. The molecule has 1 aromatic carbocycles. The fourth-order valence-electron chi connectivity index (χ4n) is 3.63. The summed E-state index contributed by atoms with van der Waals surface area (Å²) < 4.78 is 45.9. The first-order valence-electron chi connectivity index (χ1n) is 10.9. The van der Waals surface area contributed by atoms with Crippen molar-refractivity contribution < 1.29 is 22.6 Å². The zero-order chi connectivity index (χ0) is 25.3. The Kier molecular flexibility index (Phi) is 6.52. The minimum atomic E-state index is -4.03. The normalized spacial score (nSPS) is 13.8. The standard InChI is InChI=1S/C24H21ClN4O6S/c1-33-23-19(28-36(31,32)21-5-3-2-4-18(21)25)8-17(9-27-23)16-6-7-22-26-10-20(24(30)29(22)11-16)35-14-15-12-34-13-15/h2-11,15,28H,12-14H2,1H3. The van der Waals surface area contributed by atoms with E-state index in [-0.39, 0.29) is 38.7 Å². The highest BCUT2D eigenvalue weighted by Gasteiger charge is 2.22. The first-order valence-corrected chi connectivity index (χ1v) is 12.8. The summed E-state index contributed by atoms with van der Waals surface area (Å²) in [5.41, 5.74) is 1.33. The number of sulfonamides is 1. The second-order valence-corrected chi connectivity index (χ2v) is 10.2. The van der Waals surface area contributed by atoms with Gasteiger partial charge in [-0.1, -0.05) is 23.7 Å². The van der Waals surface area contributed by atoms with Gasteiger partial charge in [0.25, 0.3) is 15.6 Å². The molecule has 186 valence electrons. The largest absolute Gasteiger partial charge is 0.486 e. The Labute approximate surface area is 211 Å². The minimum absolute atomic E-state index is 0.0738. The molecule has 12 heteroatoms. The van der Waals surface area contributed by atoms with Crippen molar-refractivity contribution in [3.63, 3.8) is 0 Å². The third kappa shape index (κ3) is 4.72. The first kappa shape index (κ1) is 24.0. The van der Waals surface area contributed by atoms with E-state index in [1.807, 2.05) is 0 Å². The molecule has 0 aliphatic carbocycles. The number of halogens is 1. The van der Waals surface area contributed by atoms with Gasteiger partial charge < -0.3 is 14.2 Å². The number of nitrogens with one attached hydrogen (secondary N) is 1. The molecular weight excluding hydrogens is 508 g/mol. The number of ether oxygens (including phenoxy) is 3. The van der Waals surface area contributed by atoms with Crippen molar-refractivity contribution >= 4 is 33.0 Å². The lowest BCUT2D eigenvalue weighted by molar-refractivity contribution is -0.0510. The van der Waals surface area contributed by atoms with Crippen molar-refractivity contribution in [2.75, 3.05) is 31.7 Å². The molecule has 4 aromatic rings. The average Bonchev–Trinajstić information content (AvgIpc) is 2.84. The number of hydrogen-bond donors (Lipinski definition) is 1. The van der Waals surface area contributed by atoms with Gasteiger partial charge in [0, 0.05) is 29.4 Å². The van der Waals surface area contributed by atoms with E-state index in [0.29, 0.717) is 36.6 Å². The highest BCUT2D eigenvalue weighted by molar-refractivity contribution is 7.92. The maximum Gasteiger partial charge on any atom is 0.300 e. The molecule has 0 spiro atoms. The Hall–Kier alpha value is -3.67. The number of hydrogen-bond acceptors (Lipinski definition) is 8. The van der Waals surface area contributed by atoms with E-state index in [9.17, 15) is 13.2 Å². The Bertz CT molecular complexity index is 1600. The van der Waals surface area contributed by atoms with Crippen LogP contribution in [-0.2, 0) is 14.8 Å². The predicted molar refractivity (Wildman–Crippen MR) is 133 cm³/mol. The van der Waals surface area contributed by atoms with Crippen LogP contribution in [-0.4, -0.2) is 49.7 Å². The number of nitrogens with zero attached hydrogens (tertiary/aromatic N) is 3. The van der Waals surface area contributed by atoms with Gasteiger partial charge in [-0.25, -0.2) is 18.4 Å². The molecule has 36 heavy (non-hydrogen) atoms. The average molecular weight is 529 g/mol. The molecule has 1 aliphatic rings. The Balaban J connectivity index is 1.49. The number of anilines is 1. The van der Waals surface area contributed by atoms with E-state index in [0.717, 1.165) is 0 Å². The quantitative estimate of drug-likeness (QED) is 0.370. The summed E-state index contributed by atoms with van der Waals surface area (Å²) in [4.78, 5) is 21.5. The van der Waals surface area contributed by atoms with Crippen LogP contribution in [0.1, 0.15) is 0 Å². The number of aromatic nitrogens is 3. The van der Waals surface area contributed by atoms with Gasteiger partial charge in [0.05, 0.1) is 38.1 Å². The van der Waals surface area contributed by atoms with Gasteiger partial charge in [0.2, 0.25) is 11.6 Å². The number of fused-ring (bicyclic) bond motifs is 1. The summed E-state index contributed by atoms with van der Waals surface area (Å²) >= 11 is 6.09. The van der Waals surface area contributed by atoms with Crippen LogP contribution in [0.4, 0.5) is 5.69 Å². The second-order valence-electron chi connectivity index (χ2n) is 8.10. The summed E-state index contributed by atoms with van der Waals surface area (Å²) in [6, 6.07) is 11.1. The lowest BCUT2D eigenvalue weighted by atomic mass is 10.1. The monoisotopic (exact) mass is 528 g/mol. The van der Waals surface area contributed by atoms with Crippen molar-refractivity contribution in [1.82, 2.24) is 14.4 Å². The van der Waals surface area contributed by atoms with Crippen molar-refractivity contribution in [1.29, 1.82) is 0 Å². The fraction of sp³-hybridized carbons (Fsp3) is 0.208. The number of methoxy groups -OCH3 is 1. The number of pyridine rings is 2. The lowest BCUT2D eigenvalue weighted by Crippen LogP contribution is -2.33. The van der Waals surface area contributed by atoms with Crippen molar-refractivity contribution in [3.8, 4) is 22.8 Å². The molecule has 5 rings (SSSR count). The van der Waals surface area contributed by atoms with Gasteiger partial charge in [-0.15, -0.1) is 0 Å². The molecule has 10 nitrogen and oxygen atoms in total. The topological polar surface area (TPSA) is 121 Å². The predicted octanol–water partition coefficient (Wildman–Crippen LogP) is 3.24. The maximum atomic E-state index is 13.0. The third-order valence-corrected chi connectivity index (χ3v) is 7.47. The zero-order valence-electron chi connectivity index (χ0n) is 19.0. The van der Waals surface area contributed by atoms with Crippen molar-refractivity contribution in [3.05, 3.63) is 76.4 Å². The lowest BCUT2D eigenvalue weighted by Gasteiger charge is -2.25. The highest BCUT2D eigenvalue weighted by Crippen LogP contribution is 2.31. The van der Waals surface area contributed by atoms with Gasteiger partial charge in [0.1, 0.15) is 16.2 Å². The Morgan fingerprint density at radius 2 is 1.94 bits per heavy atom. The molecule has 0 radical (unpaired) electrons. The van der Waals surface area contributed by atoms with Gasteiger partial charge in [-0.3, -0.25) is 13.9 Å². The maximum absolute atomic E-state index is 13.0. The van der Waals surface area contributed by atoms with Crippen LogP contribution in [0.25, 0.3) is 16.8 Å². The number of rotatable bonds is 8. The highest BCUT2D eigenvalue weighted by atomic mass is 35.5. The van der Waals surface area contributed by atoms with E-state index in [2.05, 4.69) is 14.7 Å². The van der Waals surface area contributed by atoms with Crippen LogP contribution in [0.3, 0.4) is 0 Å². The van der Waals surface area contributed by atoms with Crippen molar-refractivity contribution in [2.45, 2.75) is 4.90 Å². The summed E-state index contributed by atoms with van der Waals surface area (Å²) in [5, 5.41) is 0.0809. The van der Waals surface area contributed by atoms with Crippen LogP contribution in [0.5, 0.6) is 11.6 Å². The van der Waals surface area contributed by atoms with E-state index in [1.54, 1.807) is 36.5 Å². The van der Waals surface area contributed by atoms with Crippen LogP contribution < -0.4 is 19.8 Å². The minimum Gasteiger partial charge on any atom is -0.486 e. The molecule has 0 bridgehead atoms. The molecule has 0 amide bonds. The summed E-state index contributed by atoms with van der Waals surface area (Å²) in [6.07, 6.45) is 4.52. The molecule has 4 heterocycles. The van der Waals surface area contributed by atoms with E-state index in [4.69, 9.17) is 25.8 Å². The molecule has 1 fully saturated rings. The third-order valence-electron chi connectivity index (χ3n) is 5.60. The number of benzene rings is 1. The molecular formula is C24H21ClN4O6S. The molecule has 0 saturated carbocycles. The van der Waals surface area contributed by atoms with Crippen LogP contribution >= 0.6 is 11.6 Å². The van der Waals surface area contributed by atoms with Gasteiger partial charge in [-0.2, -0.15) is 0 Å². The molecule has 0 atom stereocenters. The summed E-state index contributed by atoms with van der Waals surface area (Å²) in [5.74, 6) is 0.469. The van der Waals surface area contributed by atoms with Crippen LogP contribution in [0, 0.1) is 5.92 Å². The smallest absolute Gasteiger partial charge is 0.300 e. The van der Waals surface area contributed by atoms with Gasteiger partial charge >= 0.3 is 0 Å². The van der Waals surface area contributed by atoms with E-state index < -0.39 is 10.0 Å². The SMILES string of the molecule is COc1ncc(-c2ccc3ncc(OCC4COC4)c(=O)n3c2)cc1NS(=O)(=O)c1ccccc1Cl. The van der Waals surface area contributed by atoms with Crippen LogP contribution in [0.2, 0.25) is 5.02 Å². The molecule has 0 unspecified atom stereocenters. The summed E-state index contributed by atoms with van der Waals surface area (Å²) in [6.45, 7) is 1.60. The molecule has 1 N–H and O–H groups in total. The van der Waals surface area contributed by atoms with Crippen molar-refractivity contribution in [2.24, 2.45) is 5.92 Å². The Morgan fingerprint density at radius 3 is 2.67 bits per heavy atom. The van der Waals surface area contributed by atoms with Gasteiger partial charge in [0.15, 0.2) is 0 Å². The zero-order valence-corrected chi connectivity index (χ0v) is 20.6. The molecule has 1 saturated heterocycles. The fourth-order valence-corrected chi connectivity index (χ4v) is 5.19. The van der Waals surface area contributed by atoms with E-state index in [1.165, 1.54) is 36.0 Å². The first-order chi connectivity index (χ1) is 17.4. The van der Waals surface area contributed by atoms with Crippen LogP contribution in [0.15, 0.2) is 70.7 Å². The van der Waals surface area contributed by atoms with E-state index >= 15 is 0 Å². The Morgan fingerprint density at radius 1 is 1.14 bits per heavy atom.